The molecule has 0 bridgehead atoms. The summed E-state index contributed by atoms with van der Waals surface area (Å²) in [6, 6.07) is -0.475. The minimum Gasteiger partial charge on any atom is -0.481 e. The maximum atomic E-state index is 11.6. The summed E-state index contributed by atoms with van der Waals surface area (Å²) in [5.41, 5.74) is 5.76. The number of carbonyl (C=O) groups excluding carboxylic acids is 1. The molecular formula is C12H24N2O3. The van der Waals surface area contributed by atoms with E-state index in [9.17, 15) is 9.59 Å². The molecule has 4 N–H and O–H groups in total. The van der Waals surface area contributed by atoms with Gasteiger partial charge >= 0.3 is 5.97 Å². The fraction of sp³-hybridized carbons (Fsp3) is 0.833. The van der Waals surface area contributed by atoms with Crippen molar-refractivity contribution in [1.29, 1.82) is 0 Å². The molecule has 0 radical (unpaired) electrons. The predicted molar refractivity (Wildman–Crippen MR) is 66.5 cm³/mol. The molecule has 0 saturated heterocycles. The molecule has 0 aliphatic carbocycles. The topological polar surface area (TPSA) is 92.4 Å². The highest BCUT2D eigenvalue weighted by Gasteiger charge is 2.18. The van der Waals surface area contributed by atoms with Gasteiger partial charge < -0.3 is 16.2 Å². The molecule has 1 amide bonds. The average Bonchev–Trinajstić information content (AvgIpc) is 2.31. The van der Waals surface area contributed by atoms with Crippen LogP contribution < -0.4 is 11.1 Å². The summed E-state index contributed by atoms with van der Waals surface area (Å²) >= 11 is 0. The van der Waals surface area contributed by atoms with Crippen LogP contribution in [0.1, 0.15) is 40.0 Å². The fourth-order valence-electron chi connectivity index (χ4n) is 1.37. The lowest BCUT2D eigenvalue weighted by atomic mass is 9.99. The van der Waals surface area contributed by atoms with Gasteiger partial charge in [-0.05, 0) is 18.8 Å². The number of hydrogen-bond acceptors (Lipinski definition) is 3. The summed E-state index contributed by atoms with van der Waals surface area (Å²) in [6.07, 6.45) is 2.09. The Morgan fingerprint density at radius 3 is 2.41 bits per heavy atom. The molecule has 3 unspecified atom stereocenters. The van der Waals surface area contributed by atoms with Crippen LogP contribution in [0.25, 0.3) is 0 Å². The number of carboxylic acids is 1. The summed E-state index contributed by atoms with van der Waals surface area (Å²) in [5, 5.41) is 11.4. The number of aliphatic carboxylic acids is 1. The number of rotatable bonds is 8. The van der Waals surface area contributed by atoms with Crippen molar-refractivity contribution in [3.63, 3.8) is 0 Å². The van der Waals surface area contributed by atoms with Crippen LogP contribution in [-0.4, -0.2) is 29.6 Å². The van der Waals surface area contributed by atoms with Crippen LogP contribution in [0.4, 0.5) is 0 Å². The second kappa shape index (κ2) is 8.06. The summed E-state index contributed by atoms with van der Waals surface area (Å²) in [7, 11) is 0. The van der Waals surface area contributed by atoms with E-state index in [1.54, 1.807) is 6.92 Å². The highest BCUT2D eigenvalue weighted by molar-refractivity contribution is 5.81. The molecular weight excluding hydrogens is 220 g/mol. The van der Waals surface area contributed by atoms with E-state index in [1.165, 1.54) is 0 Å². The Bertz CT molecular complexity index is 256. The third-order valence-electron chi connectivity index (χ3n) is 3.09. The van der Waals surface area contributed by atoms with Gasteiger partial charge in [-0.25, -0.2) is 0 Å². The highest BCUT2D eigenvalue weighted by atomic mass is 16.4. The van der Waals surface area contributed by atoms with Gasteiger partial charge in [0.25, 0.3) is 0 Å². The van der Waals surface area contributed by atoms with Crippen LogP contribution in [-0.2, 0) is 9.59 Å². The molecule has 0 aliphatic rings. The zero-order valence-electron chi connectivity index (χ0n) is 10.9. The first-order chi connectivity index (χ1) is 7.90. The predicted octanol–water partition coefficient (Wildman–Crippen LogP) is 0.977. The molecule has 3 atom stereocenters. The van der Waals surface area contributed by atoms with Crippen LogP contribution >= 0.6 is 0 Å². The molecule has 0 aromatic carbocycles. The maximum absolute atomic E-state index is 11.6. The van der Waals surface area contributed by atoms with Crippen LogP contribution in [0.3, 0.4) is 0 Å². The van der Waals surface area contributed by atoms with Gasteiger partial charge in [0.1, 0.15) is 0 Å². The minimum atomic E-state index is -0.798. The lowest BCUT2D eigenvalue weighted by Gasteiger charge is -2.17. The number of nitrogens with two attached hydrogens (primary N) is 1. The van der Waals surface area contributed by atoms with Crippen LogP contribution in [0.15, 0.2) is 0 Å². The monoisotopic (exact) mass is 244 g/mol. The van der Waals surface area contributed by atoms with Crippen molar-refractivity contribution in [3.8, 4) is 0 Å². The molecule has 0 aliphatic heterocycles. The third kappa shape index (κ3) is 6.26. The lowest BCUT2D eigenvalue weighted by molar-refractivity contribution is -0.141. The Balaban J connectivity index is 3.75. The third-order valence-corrected chi connectivity index (χ3v) is 3.09. The van der Waals surface area contributed by atoms with Gasteiger partial charge in [0, 0.05) is 6.54 Å². The van der Waals surface area contributed by atoms with Gasteiger partial charge in [0.15, 0.2) is 0 Å². The molecule has 0 rings (SSSR count). The Morgan fingerprint density at radius 2 is 1.94 bits per heavy atom. The van der Waals surface area contributed by atoms with E-state index in [2.05, 4.69) is 5.32 Å². The van der Waals surface area contributed by atoms with E-state index in [4.69, 9.17) is 10.8 Å². The number of hydrogen-bond donors (Lipinski definition) is 3. The number of carboxylic acid groups (broad SMARTS) is 1. The van der Waals surface area contributed by atoms with Gasteiger partial charge in [-0.3, -0.25) is 9.59 Å². The van der Waals surface area contributed by atoms with Crippen LogP contribution in [0, 0.1) is 11.8 Å². The number of amides is 1. The molecule has 0 aromatic rings. The van der Waals surface area contributed by atoms with Gasteiger partial charge in [0.05, 0.1) is 12.0 Å². The van der Waals surface area contributed by atoms with Gasteiger partial charge in [0.2, 0.25) is 5.91 Å². The highest BCUT2D eigenvalue weighted by Crippen LogP contribution is 2.06. The average molecular weight is 244 g/mol. The van der Waals surface area contributed by atoms with Gasteiger partial charge in [-0.1, -0.05) is 27.2 Å². The summed E-state index contributed by atoms with van der Waals surface area (Å²) in [4.78, 5) is 22.1. The zero-order chi connectivity index (χ0) is 13.4. The molecule has 0 heterocycles. The molecule has 5 heteroatoms. The first-order valence-corrected chi connectivity index (χ1v) is 6.16. The summed E-state index contributed by atoms with van der Waals surface area (Å²) < 4.78 is 0. The van der Waals surface area contributed by atoms with E-state index in [-0.39, 0.29) is 17.7 Å². The van der Waals surface area contributed by atoms with E-state index < -0.39 is 12.0 Å². The molecule has 5 nitrogen and oxygen atoms in total. The molecule has 17 heavy (non-hydrogen) atoms. The Kier molecular flexibility index (Phi) is 7.54. The first kappa shape index (κ1) is 15.9. The van der Waals surface area contributed by atoms with Crippen molar-refractivity contribution in [2.24, 2.45) is 17.6 Å². The fourth-order valence-corrected chi connectivity index (χ4v) is 1.37. The van der Waals surface area contributed by atoms with E-state index in [0.29, 0.717) is 19.4 Å². The Hall–Kier alpha value is -1.10. The lowest BCUT2D eigenvalue weighted by Crippen LogP contribution is -2.44. The number of carbonyl (C=O) groups is 2. The standard InChI is InChI=1S/C12H24N2O3/c1-4-8(2)10(13)11(15)14-7-5-6-9(3)12(16)17/h8-10H,4-7,13H2,1-3H3,(H,14,15)(H,16,17). The second-order valence-electron chi connectivity index (χ2n) is 4.58. The van der Waals surface area contributed by atoms with E-state index in [1.807, 2.05) is 13.8 Å². The smallest absolute Gasteiger partial charge is 0.306 e. The molecule has 0 spiro atoms. The van der Waals surface area contributed by atoms with Crippen molar-refractivity contribution in [1.82, 2.24) is 5.32 Å². The number of nitrogens with one attached hydrogen (secondary N) is 1. The van der Waals surface area contributed by atoms with Crippen molar-refractivity contribution in [2.75, 3.05) is 6.54 Å². The van der Waals surface area contributed by atoms with Crippen molar-refractivity contribution < 1.29 is 14.7 Å². The van der Waals surface area contributed by atoms with E-state index >= 15 is 0 Å². The Labute approximate surface area is 103 Å². The molecule has 0 fully saturated rings. The molecule has 100 valence electrons. The normalized spacial score (nSPS) is 16.0. The summed E-state index contributed by atoms with van der Waals surface area (Å²) in [6.45, 7) is 6.08. The van der Waals surface area contributed by atoms with Crippen LogP contribution in [0.2, 0.25) is 0 Å². The summed E-state index contributed by atoms with van der Waals surface area (Å²) in [5.74, 6) is -1.15. The van der Waals surface area contributed by atoms with Gasteiger partial charge in [-0.2, -0.15) is 0 Å². The largest absolute Gasteiger partial charge is 0.481 e. The van der Waals surface area contributed by atoms with Crippen molar-refractivity contribution in [3.05, 3.63) is 0 Å². The Morgan fingerprint density at radius 1 is 1.35 bits per heavy atom. The molecule has 0 saturated carbocycles. The second-order valence-corrected chi connectivity index (χ2v) is 4.58. The minimum absolute atomic E-state index is 0.151. The molecule has 0 aromatic heterocycles. The first-order valence-electron chi connectivity index (χ1n) is 6.16. The van der Waals surface area contributed by atoms with Gasteiger partial charge in [-0.15, -0.1) is 0 Å². The van der Waals surface area contributed by atoms with Crippen LogP contribution in [0.5, 0.6) is 0 Å². The van der Waals surface area contributed by atoms with Crippen molar-refractivity contribution in [2.45, 2.75) is 46.1 Å². The maximum Gasteiger partial charge on any atom is 0.306 e. The van der Waals surface area contributed by atoms with Crippen molar-refractivity contribution >= 4 is 11.9 Å². The SMILES string of the molecule is CCC(C)C(N)C(=O)NCCCC(C)C(=O)O. The quantitative estimate of drug-likeness (QED) is 0.555. The van der Waals surface area contributed by atoms with E-state index in [0.717, 1.165) is 6.42 Å². The zero-order valence-corrected chi connectivity index (χ0v) is 10.9.